The van der Waals surface area contributed by atoms with E-state index in [4.69, 9.17) is 24.0 Å². The summed E-state index contributed by atoms with van der Waals surface area (Å²) in [5.74, 6) is -2.51. The lowest BCUT2D eigenvalue weighted by atomic mass is 9.58. The van der Waals surface area contributed by atoms with E-state index in [1.807, 2.05) is 0 Å². The molecule has 2 bridgehead atoms. The van der Waals surface area contributed by atoms with E-state index in [9.17, 15) is 26.3 Å². The summed E-state index contributed by atoms with van der Waals surface area (Å²) >= 11 is 0. The van der Waals surface area contributed by atoms with Crippen molar-refractivity contribution in [2.45, 2.75) is 88.4 Å². The van der Waals surface area contributed by atoms with Gasteiger partial charge in [0, 0.05) is 23.8 Å². The average molecular weight is 510 g/mol. The largest absolute Gasteiger partial charge is 0.430 e. The Kier molecular flexibility index (Phi) is 5.81. The minimum absolute atomic E-state index is 0.0944. The van der Waals surface area contributed by atoms with Crippen LogP contribution in [-0.2, 0) is 29.6 Å². The number of benzene rings is 1. The zero-order valence-electron chi connectivity index (χ0n) is 19.5. The van der Waals surface area contributed by atoms with Crippen molar-refractivity contribution < 1.29 is 50.3 Å². The van der Waals surface area contributed by atoms with Gasteiger partial charge in [-0.1, -0.05) is 44.2 Å². The molecule has 0 N–H and O–H groups in total. The fourth-order valence-corrected chi connectivity index (χ4v) is 6.54. The van der Waals surface area contributed by atoms with Gasteiger partial charge < -0.3 is 14.2 Å². The number of halogens is 6. The van der Waals surface area contributed by atoms with Gasteiger partial charge in [0.05, 0.1) is 0 Å². The van der Waals surface area contributed by atoms with Crippen molar-refractivity contribution in [3.8, 4) is 0 Å². The zero-order valence-corrected chi connectivity index (χ0v) is 19.5. The molecular formula is C24H28F6O5. The summed E-state index contributed by atoms with van der Waals surface area (Å²) in [5, 5.41) is 0. The molecule has 1 aromatic rings. The van der Waals surface area contributed by atoms with Crippen LogP contribution in [0.1, 0.15) is 52.0 Å². The molecule has 0 amide bonds. The van der Waals surface area contributed by atoms with Crippen molar-refractivity contribution >= 4 is 0 Å². The molecule has 1 aromatic carbocycles. The Morgan fingerprint density at radius 2 is 1.54 bits per heavy atom. The first kappa shape index (κ1) is 25.3. The van der Waals surface area contributed by atoms with Gasteiger partial charge in [-0.05, 0) is 38.0 Å². The van der Waals surface area contributed by atoms with Crippen LogP contribution in [0.25, 0.3) is 0 Å². The molecule has 5 fully saturated rings. The van der Waals surface area contributed by atoms with Crippen LogP contribution in [0.5, 0.6) is 0 Å². The maximum absolute atomic E-state index is 14.4. The van der Waals surface area contributed by atoms with E-state index in [-0.39, 0.29) is 11.8 Å². The summed E-state index contributed by atoms with van der Waals surface area (Å²) in [6, 6.07) is 5.07. The smallest absolute Gasteiger partial charge is 0.324 e. The molecule has 0 unspecified atom stereocenters. The van der Waals surface area contributed by atoms with Crippen LogP contribution in [0.4, 0.5) is 26.3 Å². The van der Waals surface area contributed by atoms with Gasteiger partial charge >= 0.3 is 12.4 Å². The Hall–Kier alpha value is -1.40. The molecule has 1 aliphatic carbocycles. The Labute approximate surface area is 198 Å². The van der Waals surface area contributed by atoms with Gasteiger partial charge in [-0.25, -0.2) is 9.78 Å². The SMILES string of the molecule is C[C@H]1[C@@H](OC(c2ccccc2)(C(F)(F)F)C(F)(F)F)O[C@@H]2O[C@@]3(C)CC[C@H]4[C@H](C)CC[C@@H]1[C@@]24OO3. The van der Waals surface area contributed by atoms with Crippen molar-refractivity contribution in [1.82, 2.24) is 0 Å². The van der Waals surface area contributed by atoms with Crippen molar-refractivity contribution in [3.63, 3.8) is 0 Å². The molecule has 0 radical (unpaired) electrons. The quantitative estimate of drug-likeness (QED) is 0.356. The summed E-state index contributed by atoms with van der Waals surface area (Å²) in [7, 11) is 0. The summed E-state index contributed by atoms with van der Waals surface area (Å²) in [5.41, 5.74) is -6.79. The lowest BCUT2D eigenvalue weighted by Gasteiger charge is -2.60. The predicted octanol–water partition coefficient (Wildman–Crippen LogP) is 6.23. The predicted molar refractivity (Wildman–Crippen MR) is 108 cm³/mol. The van der Waals surface area contributed by atoms with Gasteiger partial charge in [0.2, 0.25) is 5.79 Å². The molecule has 0 aromatic heterocycles. The lowest BCUT2D eigenvalue weighted by Crippen LogP contribution is -2.71. The molecule has 1 spiro atoms. The topological polar surface area (TPSA) is 46.2 Å². The van der Waals surface area contributed by atoms with Crippen LogP contribution in [0.2, 0.25) is 0 Å². The van der Waals surface area contributed by atoms with Crippen molar-refractivity contribution in [2.24, 2.45) is 23.7 Å². The first-order valence-corrected chi connectivity index (χ1v) is 11.8. The lowest BCUT2D eigenvalue weighted by molar-refractivity contribution is -0.582. The van der Waals surface area contributed by atoms with Crippen LogP contribution in [0.3, 0.4) is 0 Å². The van der Waals surface area contributed by atoms with Gasteiger partial charge in [-0.3, -0.25) is 0 Å². The maximum atomic E-state index is 14.4. The molecule has 5 nitrogen and oxygen atoms in total. The second-order valence-corrected chi connectivity index (χ2v) is 10.4. The van der Waals surface area contributed by atoms with Crippen LogP contribution >= 0.6 is 0 Å². The van der Waals surface area contributed by atoms with Gasteiger partial charge in [-0.15, -0.1) is 0 Å². The average Bonchev–Trinajstić information content (AvgIpc) is 3.00. The Morgan fingerprint density at radius 3 is 2.17 bits per heavy atom. The number of alkyl halides is 6. The van der Waals surface area contributed by atoms with Crippen molar-refractivity contribution in [1.29, 1.82) is 0 Å². The first-order valence-electron chi connectivity index (χ1n) is 11.8. The number of hydrogen-bond acceptors (Lipinski definition) is 5. The molecule has 196 valence electrons. The number of ether oxygens (including phenoxy) is 3. The highest BCUT2D eigenvalue weighted by Gasteiger charge is 2.76. The third-order valence-electron chi connectivity index (χ3n) is 8.37. The van der Waals surface area contributed by atoms with Crippen LogP contribution in [-0.4, -0.2) is 36.3 Å². The molecule has 4 aliphatic heterocycles. The van der Waals surface area contributed by atoms with Gasteiger partial charge in [-0.2, -0.15) is 26.3 Å². The second-order valence-electron chi connectivity index (χ2n) is 10.4. The van der Waals surface area contributed by atoms with Crippen LogP contribution in [0.15, 0.2) is 30.3 Å². The number of rotatable bonds is 3. The van der Waals surface area contributed by atoms with Crippen molar-refractivity contribution in [2.75, 3.05) is 0 Å². The standard InChI is InChI=1S/C24H28F6O5/c1-13-9-10-17-14(2)18(31-19-21(17)16(13)11-12-20(3,33-19)34-35-21)32-22(23(25,26)27,24(28,29)30)15-7-5-4-6-8-15/h4-8,13-14,16-19H,9-12H2,1-3H3/t13-,14-,16+,17+,18-,19-,20-,21-/m1/s1. The van der Waals surface area contributed by atoms with E-state index >= 15 is 0 Å². The molecule has 4 heterocycles. The monoisotopic (exact) mass is 510 g/mol. The van der Waals surface area contributed by atoms with Gasteiger partial charge in [0.15, 0.2) is 18.2 Å². The van der Waals surface area contributed by atoms with E-state index < -0.39 is 59.3 Å². The Bertz CT molecular complexity index is 925. The molecule has 35 heavy (non-hydrogen) atoms. The summed E-state index contributed by atoms with van der Waals surface area (Å²) < 4.78 is 103. The second kappa shape index (κ2) is 8.05. The molecule has 5 aliphatic rings. The summed E-state index contributed by atoms with van der Waals surface area (Å²) in [6.45, 7) is 5.21. The van der Waals surface area contributed by atoms with E-state index in [0.717, 1.165) is 30.7 Å². The minimum atomic E-state index is -5.82. The highest BCUT2D eigenvalue weighted by molar-refractivity contribution is 5.27. The number of hydrogen-bond donors (Lipinski definition) is 0. The maximum Gasteiger partial charge on any atom is 0.430 e. The highest BCUT2D eigenvalue weighted by atomic mass is 19.4. The van der Waals surface area contributed by atoms with Crippen molar-refractivity contribution in [3.05, 3.63) is 35.9 Å². The van der Waals surface area contributed by atoms with Gasteiger partial charge in [0.1, 0.15) is 0 Å². The normalized spacial score (nSPS) is 41.9. The van der Waals surface area contributed by atoms with E-state index in [1.54, 1.807) is 6.92 Å². The third-order valence-corrected chi connectivity index (χ3v) is 8.37. The summed E-state index contributed by atoms with van der Waals surface area (Å²) in [4.78, 5) is 11.5. The molecule has 6 rings (SSSR count). The van der Waals surface area contributed by atoms with E-state index in [1.165, 1.54) is 13.0 Å². The van der Waals surface area contributed by atoms with E-state index in [2.05, 4.69) is 6.92 Å². The number of fused-ring (bicyclic) bond motifs is 2. The fraction of sp³-hybridized carbons (Fsp3) is 0.750. The molecular weight excluding hydrogens is 482 g/mol. The highest BCUT2D eigenvalue weighted by Crippen LogP contribution is 2.62. The van der Waals surface area contributed by atoms with Gasteiger partial charge in [0.25, 0.3) is 5.60 Å². The minimum Gasteiger partial charge on any atom is -0.324 e. The first-order chi connectivity index (χ1) is 16.3. The molecule has 11 heteroatoms. The van der Waals surface area contributed by atoms with Crippen LogP contribution < -0.4 is 0 Å². The Morgan fingerprint density at radius 1 is 0.886 bits per heavy atom. The zero-order chi connectivity index (χ0) is 25.4. The molecule has 8 atom stereocenters. The van der Waals surface area contributed by atoms with E-state index in [0.29, 0.717) is 19.3 Å². The molecule has 1 saturated carbocycles. The fourth-order valence-electron chi connectivity index (χ4n) is 6.54. The summed E-state index contributed by atoms with van der Waals surface area (Å²) in [6.07, 6.45) is -12.4. The van der Waals surface area contributed by atoms with Crippen LogP contribution in [0, 0.1) is 23.7 Å². The molecule has 4 saturated heterocycles. The third kappa shape index (κ3) is 3.56. The Balaban J connectivity index is 1.58.